The second-order valence-corrected chi connectivity index (χ2v) is 7.83. The molecule has 1 aliphatic heterocycles. The number of aromatic nitrogens is 1. The number of carbonyl (C=O) groups is 1. The number of nitrogens with zero attached hydrogens (tertiary/aromatic N) is 3. The first-order chi connectivity index (χ1) is 12.9. The second kappa shape index (κ2) is 7.93. The lowest BCUT2D eigenvalue weighted by Crippen LogP contribution is -2.50. The number of hydrogen-bond acceptors (Lipinski definition) is 4. The van der Waals surface area contributed by atoms with Crippen LogP contribution in [0.5, 0.6) is 0 Å². The quantitative estimate of drug-likeness (QED) is 0.744. The summed E-state index contributed by atoms with van der Waals surface area (Å²) in [6, 6.07) is 5.86. The zero-order valence-electron chi connectivity index (χ0n) is 14.3. The smallest absolute Gasteiger partial charge is 0.246 e. The Labute approximate surface area is 155 Å². The summed E-state index contributed by atoms with van der Waals surface area (Å²) in [5, 5.41) is 0. The lowest BCUT2D eigenvalue weighted by atomic mass is 10.2. The molecule has 1 amide bonds. The Bertz CT molecular complexity index is 957. The normalized spacial score (nSPS) is 16.0. The molecule has 6 nitrogen and oxygen atoms in total. The van der Waals surface area contributed by atoms with Crippen LogP contribution in [0.1, 0.15) is 5.56 Å². The van der Waals surface area contributed by atoms with E-state index in [0.29, 0.717) is 6.07 Å². The van der Waals surface area contributed by atoms with Crippen LogP contribution in [0.4, 0.5) is 8.78 Å². The molecule has 1 aliphatic rings. The van der Waals surface area contributed by atoms with Gasteiger partial charge >= 0.3 is 0 Å². The molecular formula is C18H17F2N3O3S. The summed E-state index contributed by atoms with van der Waals surface area (Å²) in [5.41, 5.74) is 0.772. The van der Waals surface area contributed by atoms with Gasteiger partial charge < -0.3 is 4.90 Å². The van der Waals surface area contributed by atoms with Gasteiger partial charge in [-0.05, 0) is 35.9 Å². The van der Waals surface area contributed by atoms with Crippen molar-refractivity contribution in [3.05, 3.63) is 66.0 Å². The molecule has 2 heterocycles. The molecule has 0 unspecified atom stereocenters. The lowest BCUT2D eigenvalue weighted by Gasteiger charge is -2.33. The molecule has 1 fully saturated rings. The standard InChI is InChI=1S/C18H17F2N3O3S/c19-15-4-5-16(20)17(12-15)27(25,26)23-10-8-22(9-11-23)18(24)6-3-14-2-1-7-21-13-14/h1-7,12-13H,8-11H2/b6-3+. The fourth-order valence-electron chi connectivity index (χ4n) is 2.71. The summed E-state index contributed by atoms with van der Waals surface area (Å²) >= 11 is 0. The van der Waals surface area contributed by atoms with Crippen molar-refractivity contribution in [1.29, 1.82) is 0 Å². The van der Waals surface area contributed by atoms with E-state index in [1.807, 2.05) is 0 Å². The van der Waals surface area contributed by atoms with Crippen LogP contribution < -0.4 is 0 Å². The van der Waals surface area contributed by atoms with Crippen LogP contribution in [0.3, 0.4) is 0 Å². The topological polar surface area (TPSA) is 70.6 Å². The van der Waals surface area contributed by atoms with E-state index < -0.39 is 26.6 Å². The summed E-state index contributed by atoms with van der Waals surface area (Å²) in [4.78, 5) is 17.0. The molecule has 0 spiro atoms. The number of piperazine rings is 1. The van der Waals surface area contributed by atoms with Gasteiger partial charge in [0.05, 0.1) is 0 Å². The number of amides is 1. The molecule has 0 aliphatic carbocycles. The first kappa shape index (κ1) is 19.1. The van der Waals surface area contributed by atoms with Crippen LogP contribution in [0.15, 0.2) is 53.7 Å². The van der Waals surface area contributed by atoms with Crippen molar-refractivity contribution in [3.63, 3.8) is 0 Å². The maximum Gasteiger partial charge on any atom is 0.246 e. The summed E-state index contributed by atoms with van der Waals surface area (Å²) in [7, 11) is -4.17. The first-order valence-corrected chi connectivity index (χ1v) is 9.64. The summed E-state index contributed by atoms with van der Waals surface area (Å²) in [5.74, 6) is -2.09. The minimum atomic E-state index is -4.17. The Morgan fingerprint density at radius 3 is 2.52 bits per heavy atom. The molecule has 142 valence electrons. The maximum absolute atomic E-state index is 13.8. The molecule has 0 atom stereocenters. The number of benzene rings is 1. The molecular weight excluding hydrogens is 376 g/mol. The van der Waals surface area contributed by atoms with E-state index in [2.05, 4.69) is 4.98 Å². The van der Waals surface area contributed by atoms with Crippen molar-refractivity contribution >= 4 is 22.0 Å². The van der Waals surface area contributed by atoms with Crippen LogP contribution in [-0.2, 0) is 14.8 Å². The summed E-state index contributed by atoms with van der Waals surface area (Å²) in [6.45, 7) is 0.328. The summed E-state index contributed by atoms with van der Waals surface area (Å²) in [6.07, 6.45) is 6.26. The molecule has 0 N–H and O–H groups in total. The van der Waals surface area contributed by atoms with E-state index in [1.165, 1.54) is 11.0 Å². The molecule has 0 radical (unpaired) electrons. The van der Waals surface area contributed by atoms with Crippen molar-refractivity contribution in [1.82, 2.24) is 14.2 Å². The predicted octanol–water partition coefficient (Wildman–Crippen LogP) is 1.91. The van der Waals surface area contributed by atoms with Gasteiger partial charge in [-0.25, -0.2) is 17.2 Å². The highest BCUT2D eigenvalue weighted by Gasteiger charge is 2.31. The number of sulfonamides is 1. The van der Waals surface area contributed by atoms with Gasteiger partial charge in [-0.2, -0.15) is 4.31 Å². The van der Waals surface area contributed by atoms with E-state index in [0.717, 1.165) is 22.0 Å². The second-order valence-electron chi connectivity index (χ2n) is 5.92. The van der Waals surface area contributed by atoms with Gasteiger partial charge in [-0.1, -0.05) is 6.07 Å². The van der Waals surface area contributed by atoms with Crippen molar-refractivity contribution < 1.29 is 22.0 Å². The third-order valence-corrected chi connectivity index (χ3v) is 6.08. The van der Waals surface area contributed by atoms with Gasteiger partial charge in [-0.15, -0.1) is 0 Å². The minimum absolute atomic E-state index is 0.00472. The number of rotatable bonds is 4. The van der Waals surface area contributed by atoms with E-state index in [1.54, 1.807) is 30.6 Å². The van der Waals surface area contributed by atoms with Crippen molar-refractivity contribution in [2.45, 2.75) is 4.90 Å². The number of carbonyl (C=O) groups excluding carboxylic acids is 1. The zero-order valence-corrected chi connectivity index (χ0v) is 15.1. The van der Waals surface area contributed by atoms with Crippen LogP contribution in [-0.4, -0.2) is 54.7 Å². The molecule has 1 aromatic heterocycles. The van der Waals surface area contributed by atoms with Crippen LogP contribution >= 0.6 is 0 Å². The first-order valence-electron chi connectivity index (χ1n) is 8.20. The van der Waals surface area contributed by atoms with E-state index in [4.69, 9.17) is 0 Å². The molecule has 9 heteroatoms. The Hall–Kier alpha value is -2.65. The lowest BCUT2D eigenvalue weighted by molar-refractivity contribution is -0.127. The average molecular weight is 393 g/mol. The Balaban J connectivity index is 1.65. The maximum atomic E-state index is 13.8. The third kappa shape index (κ3) is 4.37. The number of halogens is 2. The molecule has 2 aromatic rings. The van der Waals surface area contributed by atoms with Gasteiger partial charge in [-0.3, -0.25) is 9.78 Å². The highest BCUT2D eigenvalue weighted by molar-refractivity contribution is 7.89. The van der Waals surface area contributed by atoms with Gasteiger partial charge in [0.15, 0.2) is 0 Å². The Morgan fingerprint density at radius 2 is 1.85 bits per heavy atom. The van der Waals surface area contributed by atoms with Crippen molar-refractivity contribution in [3.8, 4) is 0 Å². The monoisotopic (exact) mass is 393 g/mol. The molecule has 27 heavy (non-hydrogen) atoms. The van der Waals surface area contributed by atoms with Crippen molar-refractivity contribution in [2.24, 2.45) is 0 Å². The predicted molar refractivity (Wildman–Crippen MR) is 95.0 cm³/mol. The van der Waals surface area contributed by atoms with E-state index in [9.17, 15) is 22.0 Å². The fraction of sp³-hybridized carbons (Fsp3) is 0.222. The third-order valence-electron chi connectivity index (χ3n) is 4.16. The SMILES string of the molecule is O=C(/C=C/c1cccnc1)N1CCN(S(=O)(=O)c2cc(F)ccc2F)CC1. The highest BCUT2D eigenvalue weighted by atomic mass is 32.2. The molecule has 0 bridgehead atoms. The molecule has 1 saturated heterocycles. The highest BCUT2D eigenvalue weighted by Crippen LogP contribution is 2.21. The van der Waals surface area contributed by atoms with Gasteiger partial charge in [0, 0.05) is 44.6 Å². The molecule has 1 aromatic carbocycles. The van der Waals surface area contributed by atoms with E-state index >= 15 is 0 Å². The minimum Gasteiger partial charge on any atom is -0.337 e. The fourth-order valence-corrected chi connectivity index (χ4v) is 4.21. The van der Waals surface area contributed by atoms with Crippen LogP contribution in [0, 0.1) is 11.6 Å². The number of pyridine rings is 1. The average Bonchev–Trinajstić information content (AvgIpc) is 2.68. The van der Waals surface area contributed by atoms with Gasteiger partial charge in [0.25, 0.3) is 0 Å². The van der Waals surface area contributed by atoms with E-state index in [-0.39, 0.29) is 32.1 Å². The van der Waals surface area contributed by atoms with Crippen molar-refractivity contribution in [2.75, 3.05) is 26.2 Å². The largest absolute Gasteiger partial charge is 0.337 e. The Morgan fingerprint density at radius 1 is 1.11 bits per heavy atom. The number of hydrogen-bond donors (Lipinski definition) is 0. The van der Waals surface area contributed by atoms with Crippen LogP contribution in [0.2, 0.25) is 0 Å². The Kier molecular flexibility index (Phi) is 5.62. The van der Waals surface area contributed by atoms with Gasteiger partial charge in [0.2, 0.25) is 15.9 Å². The van der Waals surface area contributed by atoms with Gasteiger partial charge in [0.1, 0.15) is 16.5 Å². The zero-order chi connectivity index (χ0) is 19.4. The van der Waals surface area contributed by atoms with Crippen LogP contribution in [0.25, 0.3) is 6.08 Å². The molecule has 3 rings (SSSR count). The summed E-state index contributed by atoms with van der Waals surface area (Å²) < 4.78 is 53.3. The molecule has 0 saturated carbocycles.